The quantitative estimate of drug-likeness (QED) is 0.223. The van der Waals surface area contributed by atoms with Gasteiger partial charge in [0.15, 0.2) is 9.84 Å². The number of H-pyrrole nitrogens is 1. The van der Waals surface area contributed by atoms with Crippen molar-refractivity contribution < 1.29 is 18.0 Å². The molecule has 1 aromatic heterocycles. The Labute approximate surface area is 244 Å². The van der Waals surface area contributed by atoms with Crippen molar-refractivity contribution >= 4 is 33.4 Å². The fourth-order valence-corrected chi connectivity index (χ4v) is 5.87. The second kappa shape index (κ2) is 12.5. The molecule has 0 aliphatic heterocycles. The highest BCUT2D eigenvalue weighted by Crippen LogP contribution is 2.34. The predicted molar refractivity (Wildman–Crippen MR) is 159 cm³/mol. The number of nitrogens with one attached hydrogen (secondary N) is 4. The van der Waals surface area contributed by atoms with E-state index in [0.717, 1.165) is 22.9 Å². The molecule has 3 amide bonds. The second-order valence-corrected chi connectivity index (χ2v) is 12.6. The fourth-order valence-electron chi connectivity index (χ4n) is 5.23. The molecule has 1 atom stereocenters. The first-order chi connectivity index (χ1) is 20.2. The molecule has 1 heterocycles. The number of aromatic amines is 1. The molecular formula is C30H33N7O4S. The second-order valence-electron chi connectivity index (χ2n) is 10.6. The molecule has 5 rings (SSSR count). The minimum atomic E-state index is -3.45. The van der Waals surface area contributed by atoms with Crippen LogP contribution in [0.5, 0.6) is 0 Å². The monoisotopic (exact) mass is 587 g/mol. The number of amides is 3. The smallest absolute Gasteiger partial charge is 0.319 e. The van der Waals surface area contributed by atoms with Gasteiger partial charge in [0.25, 0.3) is 11.9 Å². The maximum atomic E-state index is 13.3. The van der Waals surface area contributed by atoms with Crippen molar-refractivity contribution in [1.82, 2.24) is 25.9 Å². The van der Waals surface area contributed by atoms with E-state index < -0.39 is 27.8 Å². The summed E-state index contributed by atoms with van der Waals surface area (Å²) >= 11 is 0. The Kier molecular flexibility index (Phi) is 8.62. The summed E-state index contributed by atoms with van der Waals surface area (Å²) in [7, 11) is -3.45. The third-order valence-corrected chi connectivity index (χ3v) is 8.69. The average Bonchev–Trinajstić information content (AvgIpc) is 3.50. The van der Waals surface area contributed by atoms with Crippen LogP contribution < -0.4 is 16.0 Å². The van der Waals surface area contributed by atoms with E-state index in [1.165, 1.54) is 49.8 Å². The Morgan fingerprint density at radius 2 is 1.57 bits per heavy atom. The Hall–Kier alpha value is -4.58. The molecule has 42 heavy (non-hydrogen) atoms. The van der Waals surface area contributed by atoms with Crippen molar-refractivity contribution in [3.05, 3.63) is 94.5 Å². The van der Waals surface area contributed by atoms with E-state index in [9.17, 15) is 18.0 Å². The molecule has 0 saturated heterocycles. The van der Waals surface area contributed by atoms with Gasteiger partial charge in [-0.3, -0.25) is 10.1 Å². The van der Waals surface area contributed by atoms with Crippen LogP contribution in [-0.4, -0.2) is 47.2 Å². The average molecular weight is 588 g/mol. The van der Waals surface area contributed by atoms with Gasteiger partial charge < -0.3 is 10.6 Å². The summed E-state index contributed by atoms with van der Waals surface area (Å²) in [6, 6.07) is 18.8. The third-order valence-electron chi connectivity index (χ3n) is 7.58. The molecule has 3 aromatic carbocycles. The van der Waals surface area contributed by atoms with Crippen LogP contribution in [0.25, 0.3) is 0 Å². The number of aryl methyl sites for hydroxylation is 1. The topological polar surface area (TPSA) is 159 Å². The van der Waals surface area contributed by atoms with Gasteiger partial charge in [0.05, 0.1) is 10.9 Å². The fraction of sp³-hybridized carbons (Fsp3) is 0.300. The molecule has 1 saturated carbocycles. The lowest BCUT2D eigenvalue weighted by atomic mass is 9.83. The van der Waals surface area contributed by atoms with Gasteiger partial charge in [-0.2, -0.15) is 5.21 Å². The Morgan fingerprint density at radius 1 is 0.905 bits per heavy atom. The van der Waals surface area contributed by atoms with Crippen LogP contribution >= 0.6 is 0 Å². The van der Waals surface area contributed by atoms with Gasteiger partial charge in [0.2, 0.25) is 0 Å². The molecule has 11 nitrogen and oxygen atoms in total. The summed E-state index contributed by atoms with van der Waals surface area (Å²) < 4.78 is 24.1. The first kappa shape index (κ1) is 28.9. The standard InChI is InChI=1S/C30H33N7O4S/c1-19-8-17-25(42(2,40)41)18-26(19)31-30(39)32-27(22-11-9-21(10-12-22)20-6-4-3-5-7-20)23-13-15-24(16-14-23)28(38)33-29-34-36-37-35-29/h8-18,20,27H,3-7H2,1-2H3,(H2,31,32,39)(H2,33,34,35,36,37,38). The molecule has 1 aliphatic carbocycles. The first-order valence-electron chi connectivity index (χ1n) is 13.8. The van der Waals surface area contributed by atoms with Gasteiger partial charge >= 0.3 is 6.03 Å². The lowest BCUT2D eigenvalue weighted by Gasteiger charge is -2.24. The van der Waals surface area contributed by atoms with Crippen molar-refractivity contribution in [3.63, 3.8) is 0 Å². The van der Waals surface area contributed by atoms with E-state index in [-0.39, 0.29) is 10.8 Å². The zero-order valence-corrected chi connectivity index (χ0v) is 24.2. The normalized spacial score (nSPS) is 14.6. The number of benzene rings is 3. The highest BCUT2D eigenvalue weighted by molar-refractivity contribution is 7.90. The molecule has 0 bridgehead atoms. The molecule has 1 unspecified atom stereocenters. The maximum absolute atomic E-state index is 13.3. The van der Waals surface area contributed by atoms with Crippen LogP contribution in [0, 0.1) is 6.92 Å². The van der Waals surface area contributed by atoms with E-state index in [1.807, 2.05) is 12.1 Å². The number of hydrogen-bond acceptors (Lipinski definition) is 7. The van der Waals surface area contributed by atoms with Crippen molar-refractivity contribution in [2.75, 3.05) is 16.9 Å². The van der Waals surface area contributed by atoms with Crippen LogP contribution in [0.15, 0.2) is 71.6 Å². The molecule has 0 spiro atoms. The van der Waals surface area contributed by atoms with E-state index in [0.29, 0.717) is 17.2 Å². The Bertz CT molecular complexity index is 1650. The SMILES string of the molecule is Cc1ccc(S(C)(=O)=O)cc1NC(=O)NC(c1ccc(C(=O)Nc2nn[nH]n2)cc1)c1ccc(C2CCCCC2)cc1. The van der Waals surface area contributed by atoms with Gasteiger partial charge in [0.1, 0.15) is 0 Å². The molecule has 0 radical (unpaired) electrons. The number of nitrogens with zero attached hydrogens (tertiary/aromatic N) is 3. The highest BCUT2D eigenvalue weighted by Gasteiger charge is 2.21. The Morgan fingerprint density at radius 3 is 2.19 bits per heavy atom. The Balaban J connectivity index is 1.39. The van der Waals surface area contributed by atoms with Gasteiger partial charge in [-0.15, -0.1) is 5.10 Å². The molecule has 4 aromatic rings. The zero-order chi connectivity index (χ0) is 29.7. The number of carbonyl (C=O) groups is 2. The lowest BCUT2D eigenvalue weighted by Crippen LogP contribution is -2.33. The van der Waals surface area contributed by atoms with Crippen LogP contribution in [0.3, 0.4) is 0 Å². The summed E-state index contributed by atoms with van der Waals surface area (Å²) in [5, 5.41) is 21.6. The molecule has 1 aliphatic rings. The minimum absolute atomic E-state index is 0.0635. The molecule has 218 valence electrons. The largest absolute Gasteiger partial charge is 0.327 e. The van der Waals surface area contributed by atoms with Crippen LogP contribution in [0.1, 0.15) is 76.7 Å². The first-order valence-corrected chi connectivity index (χ1v) is 15.7. The highest BCUT2D eigenvalue weighted by atomic mass is 32.2. The van der Waals surface area contributed by atoms with Crippen molar-refractivity contribution in [1.29, 1.82) is 0 Å². The van der Waals surface area contributed by atoms with Crippen LogP contribution in [0.4, 0.5) is 16.4 Å². The summed E-state index contributed by atoms with van der Waals surface area (Å²) in [5.74, 6) is 0.210. The van der Waals surface area contributed by atoms with Crippen molar-refractivity contribution in [2.45, 2.75) is 55.9 Å². The van der Waals surface area contributed by atoms with Crippen LogP contribution in [-0.2, 0) is 9.84 Å². The zero-order valence-electron chi connectivity index (χ0n) is 23.4. The predicted octanol–water partition coefficient (Wildman–Crippen LogP) is 5.12. The number of tetrazole rings is 1. The summed E-state index contributed by atoms with van der Waals surface area (Å²) in [6.07, 6.45) is 7.25. The summed E-state index contributed by atoms with van der Waals surface area (Å²) in [6.45, 7) is 1.79. The molecule has 4 N–H and O–H groups in total. The minimum Gasteiger partial charge on any atom is -0.327 e. The van der Waals surface area contributed by atoms with Gasteiger partial charge in [-0.05, 0) is 77.4 Å². The van der Waals surface area contributed by atoms with E-state index in [1.54, 1.807) is 37.3 Å². The summed E-state index contributed by atoms with van der Waals surface area (Å²) in [5.41, 5.74) is 4.43. The number of carbonyl (C=O) groups excluding carboxylic acids is 2. The van der Waals surface area contributed by atoms with E-state index in [4.69, 9.17) is 0 Å². The lowest BCUT2D eigenvalue weighted by molar-refractivity contribution is 0.102. The molecule has 12 heteroatoms. The third kappa shape index (κ3) is 7.00. The van der Waals surface area contributed by atoms with Crippen molar-refractivity contribution in [3.8, 4) is 0 Å². The van der Waals surface area contributed by atoms with Gasteiger partial charge in [-0.1, -0.05) is 66.8 Å². The number of rotatable bonds is 8. The van der Waals surface area contributed by atoms with Gasteiger partial charge in [0, 0.05) is 17.5 Å². The number of sulfone groups is 1. The number of hydrogen-bond donors (Lipinski definition) is 4. The molecule has 1 fully saturated rings. The van der Waals surface area contributed by atoms with Gasteiger partial charge in [-0.25, -0.2) is 13.2 Å². The van der Waals surface area contributed by atoms with Crippen LogP contribution in [0.2, 0.25) is 0 Å². The van der Waals surface area contributed by atoms with E-state index in [2.05, 4.69) is 48.7 Å². The van der Waals surface area contributed by atoms with Crippen molar-refractivity contribution in [2.24, 2.45) is 0 Å². The number of urea groups is 1. The maximum Gasteiger partial charge on any atom is 0.319 e. The number of aromatic nitrogens is 4. The summed E-state index contributed by atoms with van der Waals surface area (Å²) in [4.78, 5) is 26.0. The number of anilines is 2. The molecular weight excluding hydrogens is 554 g/mol. The van der Waals surface area contributed by atoms with E-state index >= 15 is 0 Å².